The topological polar surface area (TPSA) is 20.2 Å². The zero-order valence-corrected chi connectivity index (χ0v) is 7.77. The van der Waals surface area contributed by atoms with Crippen LogP contribution >= 0.6 is 12.6 Å². The lowest BCUT2D eigenvalue weighted by Crippen LogP contribution is -2.18. The van der Waals surface area contributed by atoms with Crippen LogP contribution < -0.4 is 0 Å². The van der Waals surface area contributed by atoms with E-state index < -0.39 is 0 Å². The SMILES string of the molecule is CCCCC(C)C(O)CS. The number of aliphatic hydroxyl groups is 1. The van der Waals surface area contributed by atoms with Crippen LogP contribution in [0.5, 0.6) is 0 Å². The quantitative estimate of drug-likeness (QED) is 0.593. The van der Waals surface area contributed by atoms with Crippen molar-refractivity contribution in [1.29, 1.82) is 0 Å². The van der Waals surface area contributed by atoms with Crippen LogP contribution in [-0.2, 0) is 0 Å². The molecule has 0 radical (unpaired) electrons. The third kappa shape index (κ3) is 4.18. The van der Waals surface area contributed by atoms with Gasteiger partial charge in [0.1, 0.15) is 0 Å². The molecule has 1 nitrogen and oxygen atoms in total. The first kappa shape index (κ1) is 10.3. The summed E-state index contributed by atoms with van der Waals surface area (Å²) in [5.74, 6) is 1.00. The summed E-state index contributed by atoms with van der Waals surface area (Å²) >= 11 is 4.03. The van der Waals surface area contributed by atoms with Crippen molar-refractivity contribution in [3.63, 3.8) is 0 Å². The van der Waals surface area contributed by atoms with E-state index in [0.29, 0.717) is 11.7 Å². The Morgan fingerprint density at radius 2 is 2.10 bits per heavy atom. The Balaban J connectivity index is 3.31. The third-order valence-corrected chi connectivity index (χ3v) is 2.23. The van der Waals surface area contributed by atoms with Crippen molar-refractivity contribution in [2.45, 2.75) is 39.2 Å². The van der Waals surface area contributed by atoms with E-state index in [0.717, 1.165) is 6.42 Å². The predicted molar refractivity (Wildman–Crippen MR) is 48.5 cm³/mol. The summed E-state index contributed by atoms with van der Waals surface area (Å²) < 4.78 is 0. The van der Waals surface area contributed by atoms with Crippen LogP contribution in [0, 0.1) is 5.92 Å². The minimum Gasteiger partial charge on any atom is -0.392 e. The van der Waals surface area contributed by atoms with Gasteiger partial charge in [-0.15, -0.1) is 0 Å². The molecule has 0 aromatic heterocycles. The minimum absolute atomic E-state index is 0.213. The third-order valence-electron chi connectivity index (χ3n) is 1.86. The van der Waals surface area contributed by atoms with E-state index in [2.05, 4.69) is 26.5 Å². The number of hydrogen-bond acceptors (Lipinski definition) is 2. The Kier molecular flexibility index (Phi) is 6.24. The summed E-state index contributed by atoms with van der Waals surface area (Å²) in [6, 6.07) is 0. The normalized spacial score (nSPS) is 16.8. The molecule has 2 atom stereocenters. The maximum Gasteiger partial charge on any atom is 0.0653 e. The maximum atomic E-state index is 9.28. The fourth-order valence-electron chi connectivity index (χ4n) is 0.898. The van der Waals surface area contributed by atoms with Gasteiger partial charge in [-0.05, 0) is 12.3 Å². The average Bonchev–Trinajstić information content (AvgIpc) is 1.98. The van der Waals surface area contributed by atoms with Gasteiger partial charge in [0, 0.05) is 5.75 Å². The number of unbranched alkanes of at least 4 members (excludes halogenated alkanes) is 1. The minimum atomic E-state index is -0.213. The first-order valence-electron chi connectivity index (χ1n) is 4.01. The second kappa shape index (κ2) is 6.05. The Morgan fingerprint density at radius 1 is 1.50 bits per heavy atom. The van der Waals surface area contributed by atoms with Crippen LogP contribution in [0.2, 0.25) is 0 Å². The fourth-order valence-corrected chi connectivity index (χ4v) is 1.26. The van der Waals surface area contributed by atoms with Gasteiger partial charge >= 0.3 is 0 Å². The van der Waals surface area contributed by atoms with E-state index in [1.807, 2.05) is 0 Å². The van der Waals surface area contributed by atoms with Crippen molar-refractivity contribution in [1.82, 2.24) is 0 Å². The molecule has 0 aliphatic carbocycles. The second-order valence-corrected chi connectivity index (χ2v) is 3.23. The standard InChI is InChI=1S/C8H18OS/c1-3-4-5-7(2)8(9)6-10/h7-10H,3-6H2,1-2H3. The summed E-state index contributed by atoms with van der Waals surface area (Å²) in [5.41, 5.74) is 0. The summed E-state index contributed by atoms with van der Waals surface area (Å²) in [7, 11) is 0. The molecule has 0 saturated carbocycles. The number of aliphatic hydroxyl groups excluding tert-OH is 1. The van der Waals surface area contributed by atoms with Gasteiger partial charge in [-0.3, -0.25) is 0 Å². The van der Waals surface area contributed by atoms with E-state index in [9.17, 15) is 5.11 Å². The molecular formula is C8H18OS. The van der Waals surface area contributed by atoms with Crippen LogP contribution in [0.25, 0.3) is 0 Å². The van der Waals surface area contributed by atoms with Crippen molar-refractivity contribution in [2.75, 3.05) is 5.75 Å². The smallest absolute Gasteiger partial charge is 0.0653 e. The molecule has 0 fully saturated rings. The average molecular weight is 162 g/mol. The maximum absolute atomic E-state index is 9.28. The molecule has 0 spiro atoms. The van der Waals surface area contributed by atoms with Gasteiger partial charge < -0.3 is 5.11 Å². The summed E-state index contributed by atoms with van der Waals surface area (Å²) in [6.07, 6.45) is 3.34. The molecule has 0 heterocycles. The molecule has 0 saturated heterocycles. The van der Waals surface area contributed by atoms with E-state index in [4.69, 9.17) is 0 Å². The zero-order chi connectivity index (χ0) is 7.98. The van der Waals surface area contributed by atoms with Gasteiger partial charge in [0.2, 0.25) is 0 Å². The van der Waals surface area contributed by atoms with Crippen molar-refractivity contribution < 1.29 is 5.11 Å². The highest BCUT2D eigenvalue weighted by atomic mass is 32.1. The molecule has 0 rings (SSSR count). The highest BCUT2D eigenvalue weighted by Crippen LogP contribution is 2.12. The van der Waals surface area contributed by atoms with Gasteiger partial charge in [0.05, 0.1) is 6.10 Å². The van der Waals surface area contributed by atoms with Gasteiger partial charge in [-0.25, -0.2) is 0 Å². The molecule has 62 valence electrons. The van der Waals surface area contributed by atoms with Crippen LogP contribution in [0.15, 0.2) is 0 Å². The van der Waals surface area contributed by atoms with Gasteiger partial charge in [-0.1, -0.05) is 26.7 Å². The zero-order valence-electron chi connectivity index (χ0n) is 6.88. The van der Waals surface area contributed by atoms with Gasteiger partial charge in [-0.2, -0.15) is 12.6 Å². The van der Waals surface area contributed by atoms with Gasteiger partial charge in [0.15, 0.2) is 0 Å². The molecule has 0 aliphatic heterocycles. The van der Waals surface area contributed by atoms with E-state index in [1.165, 1.54) is 12.8 Å². The lowest BCUT2D eigenvalue weighted by molar-refractivity contribution is 0.133. The number of hydrogen-bond donors (Lipinski definition) is 2. The van der Waals surface area contributed by atoms with Crippen molar-refractivity contribution in [3.05, 3.63) is 0 Å². The molecule has 0 bridgehead atoms. The molecule has 0 aliphatic rings. The highest BCUT2D eigenvalue weighted by molar-refractivity contribution is 7.80. The van der Waals surface area contributed by atoms with Crippen LogP contribution in [0.3, 0.4) is 0 Å². The Morgan fingerprint density at radius 3 is 2.50 bits per heavy atom. The molecule has 0 aromatic rings. The Hall–Kier alpha value is 0.310. The van der Waals surface area contributed by atoms with Crippen LogP contribution in [0.1, 0.15) is 33.1 Å². The fraction of sp³-hybridized carbons (Fsp3) is 1.00. The van der Waals surface area contributed by atoms with Crippen LogP contribution in [0.4, 0.5) is 0 Å². The second-order valence-electron chi connectivity index (χ2n) is 2.87. The van der Waals surface area contributed by atoms with Crippen molar-refractivity contribution >= 4 is 12.6 Å². The van der Waals surface area contributed by atoms with E-state index >= 15 is 0 Å². The molecule has 0 aromatic carbocycles. The predicted octanol–water partition coefficient (Wildman–Crippen LogP) is 2.10. The largest absolute Gasteiger partial charge is 0.392 e. The monoisotopic (exact) mass is 162 g/mol. The first-order chi connectivity index (χ1) is 4.72. The lowest BCUT2D eigenvalue weighted by atomic mass is 9.99. The number of rotatable bonds is 5. The molecular weight excluding hydrogens is 144 g/mol. The van der Waals surface area contributed by atoms with Crippen LogP contribution in [-0.4, -0.2) is 17.0 Å². The summed E-state index contributed by atoms with van der Waals surface area (Å²) in [6.45, 7) is 4.25. The molecule has 2 heteroatoms. The van der Waals surface area contributed by atoms with Crippen molar-refractivity contribution in [3.8, 4) is 0 Å². The van der Waals surface area contributed by atoms with Gasteiger partial charge in [0.25, 0.3) is 0 Å². The molecule has 1 N–H and O–H groups in total. The highest BCUT2D eigenvalue weighted by Gasteiger charge is 2.10. The first-order valence-corrected chi connectivity index (χ1v) is 4.64. The van der Waals surface area contributed by atoms with Crippen molar-refractivity contribution in [2.24, 2.45) is 5.92 Å². The molecule has 10 heavy (non-hydrogen) atoms. The number of thiol groups is 1. The Labute approximate surface area is 69.2 Å². The Bertz CT molecular complexity index is 75.7. The summed E-state index contributed by atoms with van der Waals surface area (Å²) in [4.78, 5) is 0. The lowest BCUT2D eigenvalue weighted by Gasteiger charge is -2.15. The molecule has 2 unspecified atom stereocenters. The summed E-state index contributed by atoms with van der Waals surface area (Å²) in [5, 5.41) is 9.28. The van der Waals surface area contributed by atoms with E-state index in [1.54, 1.807) is 0 Å². The van der Waals surface area contributed by atoms with E-state index in [-0.39, 0.29) is 6.10 Å². The molecule has 0 amide bonds.